The number of carbonyl (C=O) groups is 1. The zero-order valence-electron chi connectivity index (χ0n) is 15.8. The molecule has 1 aliphatic rings. The molecule has 1 atom stereocenters. The number of guanidine groups is 1. The maximum Gasteiger partial charge on any atom is 0.310 e. The van der Waals surface area contributed by atoms with Crippen LogP contribution in [0.5, 0.6) is 11.5 Å². The van der Waals surface area contributed by atoms with Crippen molar-refractivity contribution in [3.63, 3.8) is 0 Å². The molecule has 1 fully saturated rings. The van der Waals surface area contributed by atoms with Crippen LogP contribution in [0, 0.1) is 5.92 Å². The summed E-state index contributed by atoms with van der Waals surface area (Å²) in [7, 11) is 1.52. The van der Waals surface area contributed by atoms with E-state index in [-0.39, 0.29) is 17.6 Å². The second kappa shape index (κ2) is 9.89. The van der Waals surface area contributed by atoms with E-state index >= 15 is 0 Å². The van der Waals surface area contributed by atoms with E-state index in [2.05, 4.69) is 15.2 Å². The zero-order chi connectivity index (χ0) is 18.9. The van der Waals surface area contributed by atoms with Gasteiger partial charge in [0.15, 0.2) is 17.5 Å². The number of phenols is 1. The average Bonchev–Trinajstić information content (AvgIpc) is 2.65. The Morgan fingerprint density at radius 3 is 2.88 bits per heavy atom. The number of nitrogens with one attached hydrogen (secondary N) is 1. The van der Waals surface area contributed by atoms with Crippen molar-refractivity contribution in [1.82, 2.24) is 10.2 Å². The lowest BCUT2D eigenvalue weighted by atomic mass is 9.98. The lowest BCUT2D eigenvalue weighted by Crippen LogP contribution is -2.48. The molecule has 1 saturated heterocycles. The Hall–Kier alpha value is -2.44. The summed E-state index contributed by atoms with van der Waals surface area (Å²) in [6.45, 7) is 6.89. The highest BCUT2D eigenvalue weighted by atomic mass is 16.5. The van der Waals surface area contributed by atoms with Crippen LogP contribution in [0.4, 0.5) is 0 Å². The van der Waals surface area contributed by atoms with E-state index in [0.29, 0.717) is 25.4 Å². The molecule has 0 amide bonds. The van der Waals surface area contributed by atoms with Gasteiger partial charge in [-0.1, -0.05) is 6.07 Å². The van der Waals surface area contributed by atoms with E-state index in [9.17, 15) is 9.90 Å². The lowest BCUT2D eigenvalue weighted by molar-refractivity contribution is -0.149. The number of phenolic OH excluding ortho intramolecular Hbond substituents is 1. The molecule has 1 heterocycles. The smallest absolute Gasteiger partial charge is 0.310 e. The van der Waals surface area contributed by atoms with Crippen LogP contribution >= 0.6 is 0 Å². The first-order valence-corrected chi connectivity index (χ1v) is 9.14. The molecule has 1 aliphatic heterocycles. The highest BCUT2D eigenvalue weighted by molar-refractivity contribution is 5.81. The molecule has 144 valence electrons. The van der Waals surface area contributed by atoms with Crippen molar-refractivity contribution in [2.75, 3.05) is 33.4 Å². The summed E-state index contributed by atoms with van der Waals surface area (Å²) in [4.78, 5) is 18.8. The summed E-state index contributed by atoms with van der Waals surface area (Å²) in [5.74, 6) is 1.08. The number of carbonyl (C=O) groups excluding carboxylic acids is 1. The Morgan fingerprint density at radius 2 is 2.23 bits per heavy atom. The van der Waals surface area contributed by atoms with Crippen molar-refractivity contribution in [3.05, 3.63) is 23.8 Å². The zero-order valence-corrected chi connectivity index (χ0v) is 15.8. The van der Waals surface area contributed by atoms with Gasteiger partial charge in [-0.2, -0.15) is 0 Å². The standard InChI is InChI=1S/C19H29N3O4/c1-4-20-19(21-12-14-8-9-17(25-3)16(23)11-14)22-10-6-7-15(13-22)18(24)26-5-2/h8-9,11,15,23H,4-7,10,12-13H2,1-3H3,(H,20,21). The Balaban J connectivity index is 2.07. The maximum atomic E-state index is 12.1. The van der Waals surface area contributed by atoms with Crippen LogP contribution in [-0.4, -0.2) is 55.3 Å². The molecule has 0 aromatic heterocycles. The molecule has 2 rings (SSSR count). The molecule has 0 aliphatic carbocycles. The van der Waals surface area contributed by atoms with Crippen LogP contribution in [0.15, 0.2) is 23.2 Å². The summed E-state index contributed by atoms with van der Waals surface area (Å²) in [6.07, 6.45) is 1.78. The first-order valence-electron chi connectivity index (χ1n) is 9.14. The predicted molar refractivity (Wildman–Crippen MR) is 100 cm³/mol. The van der Waals surface area contributed by atoms with Gasteiger partial charge in [0.05, 0.1) is 26.2 Å². The number of likely N-dealkylation sites (tertiary alicyclic amines) is 1. The highest BCUT2D eigenvalue weighted by Crippen LogP contribution is 2.26. The number of hydrogen-bond acceptors (Lipinski definition) is 5. The molecule has 0 radical (unpaired) electrons. The van der Waals surface area contributed by atoms with Crippen LogP contribution in [0.1, 0.15) is 32.3 Å². The topological polar surface area (TPSA) is 83.4 Å². The number of ether oxygens (including phenoxy) is 2. The molecule has 7 heteroatoms. The number of nitrogens with zero attached hydrogens (tertiary/aromatic N) is 2. The predicted octanol–water partition coefficient (Wildman–Crippen LogP) is 2.14. The van der Waals surface area contributed by atoms with Crippen LogP contribution in [-0.2, 0) is 16.1 Å². The monoisotopic (exact) mass is 363 g/mol. The molecule has 1 aromatic rings. The van der Waals surface area contributed by atoms with Gasteiger partial charge in [-0.3, -0.25) is 4.79 Å². The first-order chi connectivity index (χ1) is 12.6. The van der Waals surface area contributed by atoms with Gasteiger partial charge in [0, 0.05) is 19.6 Å². The van der Waals surface area contributed by atoms with Crippen molar-refractivity contribution in [1.29, 1.82) is 0 Å². The fourth-order valence-corrected chi connectivity index (χ4v) is 3.05. The molecule has 0 saturated carbocycles. The van der Waals surface area contributed by atoms with Crippen molar-refractivity contribution >= 4 is 11.9 Å². The number of piperidine rings is 1. The number of aliphatic imine (C=N–C) groups is 1. The minimum Gasteiger partial charge on any atom is -0.504 e. The summed E-state index contributed by atoms with van der Waals surface area (Å²) in [5.41, 5.74) is 0.887. The molecule has 7 nitrogen and oxygen atoms in total. The van der Waals surface area contributed by atoms with E-state index in [0.717, 1.165) is 37.5 Å². The molecule has 0 spiro atoms. The molecule has 1 aromatic carbocycles. The average molecular weight is 363 g/mol. The van der Waals surface area contributed by atoms with Gasteiger partial charge in [-0.25, -0.2) is 4.99 Å². The molecule has 0 bridgehead atoms. The minimum absolute atomic E-state index is 0.102. The number of rotatable bonds is 6. The van der Waals surface area contributed by atoms with Gasteiger partial charge in [0.2, 0.25) is 0 Å². The third kappa shape index (κ3) is 5.28. The quantitative estimate of drug-likeness (QED) is 0.458. The van der Waals surface area contributed by atoms with Gasteiger partial charge >= 0.3 is 5.97 Å². The summed E-state index contributed by atoms with van der Waals surface area (Å²) < 4.78 is 10.2. The van der Waals surface area contributed by atoms with Crippen LogP contribution in [0.25, 0.3) is 0 Å². The molecule has 1 unspecified atom stereocenters. The largest absolute Gasteiger partial charge is 0.504 e. The number of hydrogen-bond donors (Lipinski definition) is 2. The lowest BCUT2D eigenvalue weighted by Gasteiger charge is -2.34. The summed E-state index contributed by atoms with van der Waals surface area (Å²) >= 11 is 0. The van der Waals surface area contributed by atoms with Crippen molar-refractivity contribution < 1.29 is 19.4 Å². The Bertz CT molecular complexity index is 633. The first kappa shape index (κ1) is 19.9. The number of methoxy groups -OCH3 is 1. The van der Waals surface area contributed by atoms with E-state index in [1.54, 1.807) is 12.1 Å². The van der Waals surface area contributed by atoms with Gasteiger partial charge < -0.3 is 24.8 Å². The van der Waals surface area contributed by atoms with E-state index in [4.69, 9.17) is 9.47 Å². The van der Waals surface area contributed by atoms with Gasteiger partial charge in [0.25, 0.3) is 0 Å². The fourth-order valence-electron chi connectivity index (χ4n) is 3.05. The Kier molecular flexibility index (Phi) is 7.56. The van der Waals surface area contributed by atoms with Gasteiger partial charge in [-0.05, 0) is 44.4 Å². The van der Waals surface area contributed by atoms with Crippen LogP contribution in [0.3, 0.4) is 0 Å². The van der Waals surface area contributed by atoms with Crippen molar-refractivity contribution in [2.45, 2.75) is 33.2 Å². The van der Waals surface area contributed by atoms with Crippen molar-refractivity contribution in [3.8, 4) is 11.5 Å². The molecular weight excluding hydrogens is 334 g/mol. The maximum absolute atomic E-state index is 12.1. The number of benzene rings is 1. The second-order valence-electron chi connectivity index (χ2n) is 6.21. The van der Waals surface area contributed by atoms with Crippen LogP contribution < -0.4 is 10.1 Å². The Labute approximate surface area is 155 Å². The van der Waals surface area contributed by atoms with Gasteiger partial charge in [-0.15, -0.1) is 0 Å². The number of aromatic hydroxyl groups is 1. The molecule has 26 heavy (non-hydrogen) atoms. The molecule has 2 N–H and O–H groups in total. The molecular formula is C19H29N3O4. The SMILES string of the molecule is CCNC(=NCc1ccc(OC)c(O)c1)N1CCCC(C(=O)OCC)C1. The fraction of sp³-hybridized carbons (Fsp3) is 0.579. The second-order valence-corrected chi connectivity index (χ2v) is 6.21. The normalized spacial score (nSPS) is 17.7. The van der Waals surface area contributed by atoms with Gasteiger partial charge in [0.1, 0.15) is 0 Å². The highest BCUT2D eigenvalue weighted by Gasteiger charge is 2.28. The summed E-state index contributed by atoms with van der Waals surface area (Å²) in [5, 5.41) is 13.2. The summed E-state index contributed by atoms with van der Waals surface area (Å²) in [6, 6.07) is 5.26. The van der Waals surface area contributed by atoms with Crippen LogP contribution in [0.2, 0.25) is 0 Å². The third-order valence-electron chi connectivity index (χ3n) is 4.33. The van der Waals surface area contributed by atoms with E-state index in [1.165, 1.54) is 7.11 Å². The minimum atomic E-state index is -0.131. The van der Waals surface area contributed by atoms with Crippen molar-refractivity contribution in [2.24, 2.45) is 10.9 Å². The Morgan fingerprint density at radius 1 is 1.42 bits per heavy atom. The number of esters is 1. The van der Waals surface area contributed by atoms with E-state index in [1.807, 2.05) is 19.9 Å². The van der Waals surface area contributed by atoms with E-state index < -0.39 is 0 Å². The third-order valence-corrected chi connectivity index (χ3v) is 4.33.